The zero-order valence-electron chi connectivity index (χ0n) is 15.6. The number of fused-ring (bicyclic) bond motifs is 1. The molecule has 0 unspecified atom stereocenters. The highest BCUT2D eigenvalue weighted by Crippen LogP contribution is 2.33. The highest BCUT2D eigenvalue weighted by molar-refractivity contribution is 7.17. The Labute approximate surface area is 166 Å². The molecule has 2 heterocycles. The molecule has 2 N–H and O–H groups in total. The van der Waals surface area contributed by atoms with Crippen LogP contribution < -0.4 is 11.3 Å². The molecule has 0 bridgehead atoms. The lowest BCUT2D eigenvalue weighted by Crippen LogP contribution is -2.26. The normalized spacial score (nSPS) is 11.4. The maximum absolute atomic E-state index is 13.3. The van der Waals surface area contributed by atoms with Gasteiger partial charge in [0.1, 0.15) is 10.7 Å². The predicted molar refractivity (Wildman–Crippen MR) is 112 cm³/mol. The van der Waals surface area contributed by atoms with Crippen LogP contribution in [0, 0.1) is 6.92 Å². The van der Waals surface area contributed by atoms with E-state index in [-0.39, 0.29) is 23.8 Å². The molecule has 0 fully saturated rings. The van der Waals surface area contributed by atoms with Gasteiger partial charge in [0.15, 0.2) is 0 Å². The number of benzene rings is 1. The van der Waals surface area contributed by atoms with Crippen LogP contribution in [0.25, 0.3) is 21.3 Å². The van der Waals surface area contributed by atoms with Gasteiger partial charge < -0.3 is 5.73 Å². The van der Waals surface area contributed by atoms with Crippen LogP contribution in [0.1, 0.15) is 44.0 Å². The molecule has 5 nitrogen and oxygen atoms in total. The molecule has 7 heteroatoms. The van der Waals surface area contributed by atoms with Gasteiger partial charge in [0, 0.05) is 34.8 Å². The van der Waals surface area contributed by atoms with E-state index in [9.17, 15) is 9.59 Å². The molecule has 2 aromatic heterocycles. The van der Waals surface area contributed by atoms with Crippen LogP contribution in [0.3, 0.4) is 0 Å². The molecule has 1 amide bonds. The Balaban J connectivity index is 2.17. The average Bonchev–Trinajstić information content (AvgIpc) is 3.03. The lowest BCUT2D eigenvalue weighted by Gasteiger charge is -2.15. The SMILES string of the molecule is Cc1cc(-c2csc3nc(C(C)C)n(CCCC(N)=O)c(=O)c23)ccc1Cl. The van der Waals surface area contributed by atoms with Crippen molar-refractivity contribution in [1.29, 1.82) is 0 Å². The Morgan fingerprint density at radius 2 is 2.11 bits per heavy atom. The summed E-state index contributed by atoms with van der Waals surface area (Å²) in [6.45, 7) is 6.38. The summed E-state index contributed by atoms with van der Waals surface area (Å²) in [5.74, 6) is 0.465. The Bertz CT molecular complexity index is 1070. The van der Waals surface area contributed by atoms with E-state index in [1.165, 1.54) is 11.3 Å². The first-order valence-electron chi connectivity index (χ1n) is 8.86. The third kappa shape index (κ3) is 3.92. The van der Waals surface area contributed by atoms with Crippen LogP contribution in [-0.4, -0.2) is 15.5 Å². The van der Waals surface area contributed by atoms with Gasteiger partial charge >= 0.3 is 0 Å². The van der Waals surface area contributed by atoms with E-state index in [2.05, 4.69) is 0 Å². The van der Waals surface area contributed by atoms with E-state index in [1.54, 1.807) is 4.57 Å². The highest BCUT2D eigenvalue weighted by atomic mass is 35.5. The minimum absolute atomic E-state index is 0.0722. The summed E-state index contributed by atoms with van der Waals surface area (Å²) in [6.07, 6.45) is 0.760. The fraction of sp³-hybridized carbons (Fsp3) is 0.350. The van der Waals surface area contributed by atoms with Crippen molar-refractivity contribution in [3.8, 4) is 11.1 Å². The van der Waals surface area contributed by atoms with E-state index < -0.39 is 0 Å². The average molecular weight is 404 g/mol. The second-order valence-corrected chi connectivity index (χ2v) is 8.21. The summed E-state index contributed by atoms with van der Waals surface area (Å²) in [4.78, 5) is 29.9. The maximum atomic E-state index is 13.3. The minimum Gasteiger partial charge on any atom is -0.370 e. The number of carbonyl (C=O) groups is 1. The van der Waals surface area contributed by atoms with Crippen molar-refractivity contribution in [3.05, 3.63) is 50.3 Å². The third-order valence-electron chi connectivity index (χ3n) is 4.51. The zero-order valence-corrected chi connectivity index (χ0v) is 17.2. The Hall–Kier alpha value is -2.18. The highest BCUT2D eigenvalue weighted by Gasteiger charge is 2.19. The fourth-order valence-electron chi connectivity index (χ4n) is 3.13. The van der Waals surface area contributed by atoms with Gasteiger partial charge in [-0.2, -0.15) is 0 Å². The third-order valence-corrected chi connectivity index (χ3v) is 5.81. The Kier molecular flexibility index (Phi) is 5.67. The number of amides is 1. The number of carbonyl (C=O) groups excluding carboxylic acids is 1. The second-order valence-electron chi connectivity index (χ2n) is 6.94. The van der Waals surface area contributed by atoms with Gasteiger partial charge in [-0.05, 0) is 36.6 Å². The first kappa shape index (κ1) is 19.6. The number of aromatic nitrogens is 2. The van der Waals surface area contributed by atoms with Gasteiger partial charge in [-0.15, -0.1) is 11.3 Å². The van der Waals surface area contributed by atoms with Gasteiger partial charge in [-0.1, -0.05) is 31.5 Å². The van der Waals surface area contributed by atoms with E-state index in [0.29, 0.717) is 23.4 Å². The summed E-state index contributed by atoms with van der Waals surface area (Å²) in [5, 5.41) is 3.28. The number of hydrogen-bond acceptors (Lipinski definition) is 4. The molecule has 0 atom stereocenters. The molecular weight excluding hydrogens is 382 g/mol. The summed E-state index contributed by atoms with van der Waals surface area (Å²) in [6, 6.07) is 5.75. The maximum Gasteiger partial charge on any atom is 0.262 e. The molecule has 0 spiro atoms. The smallest absolute Gasteiger partial charge is 0.262 e. The molecule has 1 aromatic carbocycles. The van der Waals surface area contributed by atoms with Crippen molar-refractivity contribution in [2.24, 2.45) is 5.73 Å². The van der Waals surface area contributed by atoms with Gasteiger partial charge in [0.2, 0.25) is 5.91 Å². The van der Waals surface area contributed by atoms with Crippen LogP contribution in [0.2, 0.25) is 5.02 Å². The summed E-state index contributed by atoms with van der Waals surface area (Å²) in [5.41, 5.74) is 7.94. The van der Waals surface area contributed by atoms with Crippen LogP contribution >= 0.6 is 22.9 Å². The number of nitrogens with zero attached hydrogens (tertiary/aromatic N) is 2. The lowest BCUT2D eigenvalue weighted by atomic mass is 10.0. The molecule has 0 saturated carbocycles. The van der Waals surface area contributed by atoms with Gasteiger partial charge in [0.25, 0.3) is 5.56 Å². The van der Waals surface area contributed by atoms with E-state index in [4.69, 9.17) is 22.3 Å². The molecule has 27 heavy (non-hydrogen) atoms. The van der Waals surface area contributed by atoms with Crippen LogP contribution in [0.5, 0.6) is 0 Å². The number of rotatable bonds is 6. The zero-order chi connectivity index (χ0) is 19.7. The second kappa shape index (κ2) is 7.82. The van der Waals surface area contributed by atoms with Crippen molar-refractivity contribution in [3.63, 3.8) is 0 Å². The first-order valence-corrected chi connectivity index (χ1v) is 10.1. The largest absolute Gasteiger partial charge is 0.370 e. The Morgan fingerprint density at radius 1 is 1.37 bits per heavy atom. The summed E-state index contributed by atoms with van der Waals surface area (Å²) in [7, 11) is 0. The van der Waals surface area contributed by atoms with Gasteiger partial charge in [-0.3, -0.25) is 14.2 Å². The fourth-order valence-corrected chi connectivity index (χ4v) is 4.20. The van der Waals surface area contributed by atoms with Crippen LogP contribution in [0.15, 0.2) is 28.4 Å². The Morgan fingerprint density at radius 3 is 2.74 bits per heavy atom. The predicted octanol–water partition coefficient (Wildman–Crippen LogP) is 4.48. The summed E-state index contributed by atoms with van der Waals surface area (Å²) >= 11 is 7.61. The molecular formula is C20H22ClN3O2S. The number of halogens is 1. The van der Waals surface area contributed by atoms with Crippen molar-refractivity contribution >= 4 is 39.1 Å². The standard InChI is InChI=1S/C20H22ClN3O2S/c1-11(2)18-23-19-17(20(26)24(18)8-4-5-16(22)25)14(10-27-19)13-6-7-15(21)12(3)9-13/h6-7,9-11H,4-5,8H2,1-3H3,(H2,22,25). The van der Waals surface area contributed by atoms with Crippen molar-refractivity contribution in [2.45, 2.75) is 46.1 Å². The van der Waals surface area contributed by atoms with Gasteiger partial charge in [-0.25, -0.2) is 4.98 Å². The van der Waals surface area contributed by atoms with E-state index in [1.807, 2.05) is 44.4 Å². The molecule has 0 aliphatic carbocycles. The van der Waals surface area contributed by atoms with Crippen molar-refractivity contribution in [2.75, 3.05) is 0 Å². The number of hydrogen-bond donors (Lipinski definition) is 1. The number of aryl methyl sites for hydroxylation is 1. The van der Waals surface area contributed by atoms with Crippen molar-refractivity contribution in [1.82, 2.24) is 9.55 Å². The molecule has 0 aliphatic heterocycles. The van der Waals surface area contributed by atoms with Crippen LogP contribution in [-0.2, 0) is 11.3 Å². The lowest BCUT2D eigenvalue weighted by molar-refractivity contribution is -0.118. The quantitative estimate of drug-likeness (QED) is 0.659. The van der Waals surface area contributed by atoms with Crippen molar-refractivity contribution < 1.29 is 4.79 Å². The molecule has 0 aliphatic rings. The minimum atomic E-state index is -0.365. The summed E-state index contributed by atoms with van der Waals surface area (Å²) < 4.78 is 1.69. The van der Waals surface area contributed by atoms with Crippen LogP contribution in [0.4, 0.5) is 0 Å². The number of thiophene rings is 1. The molecule has 0 radical (unpaired) electrons. The number of nitrogens with two attached hydrogens (primary N) is 1. The van der Waals surface area contributed by atoms with E-state index >= 15 is 0 Å². The molecule has 0 saturated heterocycles. The topological polar surface area (TPSA) is 78.0 Å². The monoisotopic (exact) mass is 403 g/mol. The number of primary amides is 1. The molecule has 3 rings (SSSR count). The molecule has 3 aromatic rings. The first-order chi connectivity index (χ1) is 12.8. The molecule has 142 valence electrons. The van der Waals surface area contributed by atoms with Gasteiger partial charge in [0.05, 0.1) is 5.39 Å². The van der Waals surface area contributed by atoms with E-state index in [0.717, 1.165) is 27.3 Å².